The van der Waals surface area contributed by atoms with Crippen molar-refractivity contribution < 1.29 is 19.1 Å². The molecule has 106 valence electrons. The summed E-state index contributed by atoms with van der Waals surface area (Å²) >= 11 is 0. The van der Waals surface area contributed by atoms with E-state index in [1.165, 1.54) is 0 Å². The van der Waals surface area contributed by atoms with Crippen molar-refractivity contribution in [3.8, 4) is 0 Å². The molecule has 0 aliphatic rings. The van der Waals surface area contributed by atoms with Crippen molar-refractivity contribution in [3.05, 3.63) is 0 Å². The highest BCUT2D eigenvalue weighted by molar-refractivity contribution is 5.77. The summed E-state index contributed by atoms with van der Waals surface area (Å²) < 4.78 is 9.95. The summed E-state index contributed by atoms with van der Waals surface area (Å²) in [5.74, 6) is -0.563. The standard InChI is InChI=1S/C13H25NO4/c1-5-9-14(10-12(15)17-7-3)11(6-2)13(16)18-8-4/h11H,5-10H2,1-4H3. The van der Waals surface area contributed by atoms with E-state index in [0.717, 1.165) is 6.42 Å². The zero-order chi connectivity index (χ0) is 14.0. The predicted molar refractivity (Wildman–Crippen MR) is 69.2 cm³/mol. The van der Waals surface area contributed by atoms with Crippen LogP contribution in [0, 0.1) is 0 Å². The number of hydrogen-bond donors (Lipinski definition) is 0. The molecule has 0 N–H and O–H groups in total. The van der Waals surface area contributed by atoms with Gasteiger partial charge in [0.1, 0.15) is 6.04 Å². The maximum absolute atomic E-state index is 11.8. The molecule has 0 rings (SSSR count). The monoisotopic (exact) mass is 259 g/mol. The molecule has 0 saturated carbocycles. The van der Waals surface area contributed by atoms with Crippen LogP contribution in [-0.2, 0) is 19.1 Å². The second kappa shape index (κ2) is 9.88. The van der Waals surface area contributed by atoms with Crippen LogP contribution in [0.1, 0.15) is 40.5 Å². The zero-order valence-electron chi connectivity index (χ0n) is 11.9. The van der Waals surface area contributed by atoms with Crippen LogP contribution in [0.25, 0.3) is 0 Å². The molecule has 0 aromatic carbocycles. The summed E-state index contributed by atoms with van der Waals surface area (Å²) in [6.45, 7) is 9.00. The SMILES string of the molecule is CCCN(CC(=O)OCC)C(CC)C(=O)OCC. The number of nitrogens with zero attached hydrogens (tertiary/aromatic N) is 1. The highest BCUT2D eigenvalue weighted by Gasteiger charge is 2.26. The van der Waals surface area contributed by atoms with E-state index < -0.39 is 0 Å². The van der Waals surface area contributed by atoms with E-state index in [1.807, 2.05) is 18.7 Å². The zero-order valence-corrected chi connectivity index (χ0v) is 11.9. The minimum absolute atomic E-state index is 0.138. The van der Waals surface area contributed by atoms with Crippen LogP contribution in [0.4, 0.5) is 0 Å². The maximum atomic E-state index is 11.8. The lowest BCUT2D eigenvalue weighted by Crippen LogP contribution is -2.45. The van der Waals surface area contributed by atoms with Gasteiger partial charge in [0.2, 0.25) is 0 Å². The van der Waals surface area contributed by atoms with Crippen molar-refractivity contribution in [3.63, 3.8) is 0 Å². The topological polar surface area (TPSA) is 55.8 Å². The van der Waals surface area contributed by atoms with Crippen LogP contribution in [0.3, 0.4) is 0 Å². The van der Waals surface area contributed by atoms with E-state index in [1.54, 1.807) is 13.8 Å². The smallest absolute Gasteiger partial charge is 0.323 e. The average molecular weight is 259 g/mol. The molecule has 0 radical (unpaired) electrons. The molecule has 5 nitrogen and oxygen atoms in total. The van der Waals surface area contributed by atoms with E-state index in [-0.39, 0.29) is 24.5 Å². The third-order valence-corrected chi connectivity index (χ3v) is 2.53. The molecule has 0 heterocycles. The highest BCUT2D eigenvalue weighted by atomic mass is 16.5. The van der Waals surface area contributed by atoms with Gasteiger partial charge in [-0.25, -0.2) is 0 Å². The van der Waals surface area contributed by atoms with E-state index >= 15 is 0 Å². The molecule has 1 unspecified atom stereocenters. The van der Waals surface area contributed by atoms with Gasteiger partial charge >= 0.3 is 11.9 Å². The molecule has 0 aromatic rings. The first-order valence-electron chi connectivity index (χ1n) is 6.66. The molecule has 0 fully saturated rings. The Hall–Kier alpha value is -1.10. The van der Waals surface area contributed by atoms with Gasteiger partial charge in [-0.2, -0.15) is 0 Å². The Labute approximate surface area is 109 Å². The van der Waals surface area contributed by atoms with Crippen LogP contribution in [0.15, 0.2) is 0 Å². The normalized spacial score (nSPS) is 12.3. The number of esters is 2. The van der Waals surface area contributed by atoms with Crippen molar-refractivity contribution in [1.29, 1.82) is 0 Å². The second-order valence-electron chi connectivity index (χ2n) is 3.95. The van der Waals surface area contributed by atoms with Gasteiger partial charge in [0.15, 0.2) is 0 Å². The minimum atomic E-state index is -0.366. The molecule has 0 saturated heterocycles. The van der Waals surface area contributed by atoms with Gasteiger partial charge < -0.3 is 9.47 Å². The fourth-order valence-electron chi connectivity index (χ4n) is 1.82. The van der Waals surface area contributed by atoms with Crippen LogP contribution < -0.4 is 0 Å². The molecular formula is C13H25NO4. The Morgan fingerprint density at radius 1 is 1.06 bits per heavy atom. The number of ether oxygens (including phenoxy) is 2. The Morgan fingerprint density at radius 2 is 1.67 bits per heavy atom. The van der Waals surface area contributed by atoms with E-state index in [2.05, 4.69) is 0 Å². The third kappa shape index (κ3) is 6.00. The molecule has 0 aliphatic heterocycles. The molecule has 0 spiro atoms. The van der Waals surface area contributed by atoms with Gasteiger partial charge in [-0.1, -0.05) is 13.8 Å². The highest BCUT2D eigenvalue weighted by Crippen LogP contribution is 2.08. The molecule has 18 heavy (non-hydrogen) atoms. The summed E-state index contributed by atoms with van der Waals surface area (Å²) in [5.41, 5.74) is 0. The fraction of sp³-hybridized carbons (Fsp3) is 0.846. The molecule has 0 aromatic heterocycles. The Kier molecular flexibility index (Phi) is 9.28. The lowest BCUT2D eigenvalue weighted by atomic mass is 10.2. The summed E-state index contributed by atoms with van der Waals surface area (Å²) in [7, 11) is 0. The van der Waals surface area contributed by atoms with Crippen molar-refractivity contribution in [2.45, 2.75) is 46.6 Å². The van der Waals surface area contributed by atoms with Gasteiger partial charge in [0.25, 0.3) is 0 Å². The Balaban J connectivity index is 4.60. The second-order valence-corrected chi connectivity index (χ2v) is 3.95. The Bertz CT molecular complexity index is 255. The number of hydrogen-bond acceptors (Lipinski definition) is 5. The number of carbonyl (C=O) groups is 2. The van der Waals surface area contributed by atoms with E-state index in [9.17, 15) is 9.59 Å². The summed E-state index contributed by atoms with van der Waals surface area (Å²) in [5, 5.41) is 0. The summed E-state index contributed by atoms with van der Waals surface area (Å²) in [4.78, 5) is 25.2. The largest absolute Gasteiger partial charge is 0.465 e. The summed E-state index contributed by atoms with van der Waals surface area (Å²) in [6, 6.07) is -0.366. The van der Waals surface area contributed by atoms with Crippen LogP contribution >= 0.6 is 0 Å². The number of rotatable bonds is 9. The molecular weight excluding hydrogens is 234 g/mol. The first kappa shape index (κ1) is 16.9. The number of carbonyl (C=O) groups excluding carboxylic acids is 2. The van der Waals surface area contributed by atoms with Gasteiger partial charge in [0, 0.05) is 0 Å². The lowest BCUT2D eigenvalue weighted by molar-refractivity contribution is -0.152. The minimum Gasteiger partial charge on any atom is -0.465 e. The van der Waals surface area contributed by atoms with E-state index in [4.69, 9.17) is 9.47 Å². The quantitative estimate of drug-likeness (QED) is 0.589. The van der Waals surface area contributed by atoms with Crippen molar-refractivity contribution in [2.24, 2.45) is 0 Å². The average Bonchev–Trinajstić information content (AvgIpc) is 2.30. The van der Waals surface area contributed by atoms with Crippen LogP contribution in [0.2, 0.25) is 0 Å². The predicted octanol–water partition coefficient (Wildman–Crippen LogP) is 1.60. The molecule has 0 bridgehead atoms. The molecule has 0 aliphatic carbocycles. The van der Waals surface area contributed by atoms with Gasteiger partial charge in [0.05, 0.1) is 19.8 Å². The first-order chi connectivity index (χ1) is 8.60. The van der Waals surface area contributed by atoms with Gasteiger partial charge in [-0.15, -0.1) is 0 Å². The van der Waals surface area contributed by atoms with Crippen molar-refractivity contribution in [2.75, 3.05) is 26.3 Å². The lowest BCUT2D eigenvalue weighted by Gasteiger charge is -2.27. The van der Waals surface area contributed by atoms with Crippen molar-refractivity contribution in [1.82, 2.24) is 4.90 Å². The van der Waals surface area contributed by atoms with Gasteiger partial charge in [-0.3, -0.25) is 14.5 Å². The van der Waals surface area contributed by atoms with Gasteiger partial charge in [-0.05, 0) is 33.2 Å². The molecule has 0 amide bonds. The molecule has 5 heteroatoms. The molecule has 1 atom stereocenters. The van der Waals surface area contributed by atoms with Crippen LogP contribution in [-0.4, -0.2) is 49.2 Å². The van der Waals surface area contributed by atoms with Crippen LogP contribution in [0.5, 0.6) is 0 Å². The van der Waals surface area contributed by atoms with E-state index in [0.29, 0.717) is 26.2 Å². The maximum Gasteiger partial charge on any atom is 0.323 e. The van der Waals surface area contributed by atoms with Crippen molar-refractivity contribution >= 4 is 11.9 Å². The third-order valence-electron chi connectivity index (χ3n) is 2.53. The first-order valence-corrected chi connectivity index (χ1v) is 6.66. The Morgan fingerprint density at radius 3 is 2.11 bits per heavy atom. The fourth-order valence-corrected chi connectivity index (χ4v) is 1.82. The summed E-state index contributed by atoms with van der Waals surface area (Å²) in [6.07, 6.45) is 1.49.